The molecule has 0 bridgehead atoms. The molecule has 2 aromatic heterocycles. The second-order valence-electron chi connectivity index (χ2n) is 9.52. The van der Waals surface area contributed by atoms with Gasteiger partial charge in [-0.25, -0.2) is 13.2 Å². The lowest BCUT2D eigenvalue weighted by Crippen LogP contribution is -2.35. The van der Waals surface area contributed by atoms with Crippen molar-refractivity contribution in [3.63, 3.8) is 0 Å². The molecule has 1 saturated heterocycles. The van der Waals surface area contributed by atoms with Crippen molar-refractivity contribution in [2.24, 2.45) is 0 Å². The number of alkyl halides is 5. The molecule has 1 amide bonds. The minimum Gasteiger partial charge on any atom is -0.389 e. The number of rotatable bonds is 5. The minimum absolute atomic E-state index is 0.0250. The number of likely N-dealkylation sites (tertiary alicyclic amines) is 1. The van der Waals surface area contributed by atoms with E-state index in [1.54, 1.807) is 0 Å². The van der Waals surface area contributed by atoms with E-state index in [1.807, 2.05) is 0 Å². The first kappa shape index (κ1) is 25.8. The number of hydrogen-bond acceptors (Lipinski definition) is 3. The molecule has 1 aliphatic heterocycles. The average molecular weight is 515 g/mol. The Morgan fingerprint density at radius 3 is 2.31 bits per heavy atom. The van der Waals surface area contributed by atoms with Gasteiger partial charge in [0, 0.05) is 18.0 Å². The predicted molar refractivity (Wildman–Crippen MR) is 119 cm³/mol. The fourth-order valence-electron chi connectivity index (χ4n) is 4.32. The third-order valence-electron chi connectivity index (χ3n) is 5.99. The van der Waals surface area contributed by atoms with Crippen LogP contribution >= 0.6 is 0 Å². The lowest BCUT2D eigenvalue weighted by atomic mass is 10.0. The Morgan fingerprint density at radius 1 is 1.08 bits per heavy atom. The van der Waals surface area contributed by atoms with Crippen LogP contribution in [0.5, 0.6) is 0 Å². The molecule has 1 aromatic carbocycles. The number of aromatic nitrogens is 2. The van der Waals surface area contributed by atoms with E-state index in [9.17, 15) is 41.0 Å². The zero-order valence-corrected chi connectivity index (χ0v) is 19.3. The van der Waals surface area contributed by atoms with Gasteiger partial charge in [-0.2, -0.15) is 13.2 Å². The van der Waals surface area contributed by atoms with Crippen LogP contribution in [0.15, 0.2) is 41.5 Å². The smallest absolute Gasteiger partial charge is 0.389 e. The Bertz CT molecular complexity index is 1360. The fraction of sp³-hybridized carbons (Fsp3) is 0.417. The highest BCUT2D eigenvalue weighted by molar-refractivity contribution is 5.95. The van der Waals surface area contributed by atoms with Gasteiger partial charge in [0.25, 0.3) is 5.56 Å². The molecule has 194 valence electrons. The Hall–Kier alpha value is -3.28. The summed E-state index contributed by atoms with van der Waals surface area (Å²) in [5.74, 6) is -2.17. The standard InChI is InChI=1S/C24H23F6N3O3/c1-23(2,36)12-33-8-14(13-3-4-16(25)15(7-13)24(28,29)30)21-19(33)5-6-31(22(21)35)11-20(34)32-9-17(26)18(27)10-32/h3-8,17-18,36H,9-12H2,1-2H3. The van der Waals surface area contributed by atoms with E-state index in [2.05, 4.69) is 0 Å². The summed E-state index contributed by atoms with van der Waals surface area (Å²) in [7, 11) is 0. The summed E-state index contributed by atoms with van der Waals surface area (Å²) in [6, 6.07) is 3.79. The van der Waals surface area contributed by atoms with Gasteiger partial charge in [-0.1, -0.05) is 6.07 Å². The molecule has 4 rings (SSSR count). The van der Waals surface area contributed by atoms with Crippen molar-refractivity contribution in [1.29, 1.82) is 0 Å². The molecule has 0 spiro atoms. The number of carbonyl (C=O) groups excluding carboxylic acids is 1. The first-order valence-electron chi connectivity index (χ1n) is 11.0. The zero-order valence-electron chi connectivity index (χ0n) is 19.3. The summed E-state index contributed by atoms with van der Waals surface area (Å²) in [6.45, 7) is 1.55. The van der Waals surface area contributed by atoms with E-state index in [4.69, 9.17) is 0 Å². The largest absolute Gasteiger partial charge is 0.419 e. The molecule has 12 heteroatoms. The van der Waals surface area contributed by atoms with Crippen molar-refractivity contribution in [1.82, 2.24) is 14.0 Å². The van der Waals surface area contributed by atoms with Gasteiger partial charge in [-0.3, -0.25) is 9.59 Å². The third kappa shape index (κ3) is 4.99. The Kier molecular flexibility index (Phi) is 6.44. The van der Waals surface area contributed by atoms with Gasteiger partial charge in [0.2, 0.25) is 5.91 Å². The SMILES string of the molecule is CC(C)(O)Cn1cc(-c2ccc(F)c(C(F)(F)F)c2)c2c(=O)n(CC(=O)N3CC(F)C(F)C3)ccc21. The van der Waals surface area contributed by atoms with E-state index in [0.717, 1.165) is 15.5 Å². The monoisotopic (exact) mass is 515 g/mol. The summed E-state index contributed by atoms with van der Waals surface area (Å²) in [5, 5.41) is 10.2. The molecular weight excluding hydrogens is 492 g/mol. The van der Waals surface area contributed by atoms with Crippen LogP contribution in [0, 0.1) is 5.82 Å². The molecule has 3 aromatic rings. The number of hydrogen-bond donors (Lipinski definition) is 1. The van der Waals surface area contributed by atoms with Crippen molar-refractivity contribution in [3.05, 3.63) is 58.4 Å². The van der Waals surface area contributed by atoms with Gasteiger partial charge in [0.1, 0.15) is 12.4 Å². The summed E-state index contributed by atoms with van der Waals surface area (Å²) in [6.07, 6.45) is -5.95. The summed E-state index contributed by atoms with van der Waals surface area (Å²) < 4.78 is 83.4. The second-order valence-corrected chi connectivity index (χ2v) is 9.52. The zero-order chi connectivity index (χ0) is 26.6. The highest BCUT2D eigenvalue weighted by Gasteiger charge is 2.36. The average Bonchev–Trinajstić information content (AvgIpc) is 3.28. The molecule has 0 saturated carbocycles. The van der Waals surface area contributed by atoms with Crippen LogP contribution in [-0.2, 0) is 24.1 Å². The van der Waals surface area contributed by atoms with E-state index < -0.39 is 66.6 Å². The maximum atomic E-state index is 13.9. The quantitative estimate of drug-likeness (QED) is 0.524. The maximum absolute atomic E-state index is 13.9. The Morgan fingerprint density at radius 2 is 1.72 bits per heavy atom. The van der Waals surface area contributed by atoms with Gasteiger partial charge in [0.05, 0.1) is 41.7 Å². The highest BCUT2D eigenvalue weighted by atomic mass is 19.4. The van der Waals surface area contributed by atoms with Crippen LogP contribution in [0.3, 0.4) is 0 Å². The minimum atomic E-state index is -4.98. The van der Waals surface area contributed by atoms with Crippen LogP contribution in [0.4, 0.5) is 26.3 Å². The van der Waals surface area contributed by atoms with Crippen LogP contribution in [0.25, 0.3) is 22.0 Å². The number of pyridine rings is 1. The third-order valence-corrected chi connectivity index (χ3v) is 5.99. The van der Waals surface area contributed by atoms with E-state index in [1.165, 1.54) is 36.9 Å². The van der Waals surface area contributed by atoms with Gasteiger partial charge in [-0.05, 0) is 37.6 Å². The van der Waals surface area contributed by atoms with Gasteiger partial charge in [0.15, 0.2) is 12.3 Å². The molecule has 2 atom stereocenters. The van der Waals surface area contributed by atoms with E-state index >= 15 is 0 Å². The molecule has 0 aliphatic carbocycles. The number of fused-ring (bicyclic) bond motifs is 1. The highest BCUT2D eigenvalue weighted by Crippen LogP contribution is 2.36. The Balaban J connectivity index is 1.84. The molecular formula is C24H23F6N3O3. The molecule has 0 radical (unpaired) electrons. The van der Waals surface area contributed by atoms with Crippen molar-refractivity contribution in [2.75, 3.05) is 13.1 Å². The number of aliphatic hydroxyl groups is 1. The molecule has 1 N–H and O–H groups in total. The molecule has 1 fully saturated rings. The van der Waals surface area contributed by atoms with Gasteiger partial charge in [-0.15, -0.1) is 0 Å². The number of carbonyl (C=O) groups is 1. The van der Waals surface area contributed by atoms with Crippen molar-refractivity contribution < 1.29 is 36.2 Å². The number of nitrogens with zero attached hydrogens (tertiary/aromatic N) is 3. The van der Waals surface area contributed by atoms with E-state index in [-0.39, 0.29) is 28.6 Å². The van der Waals surface area contributed by atoms with Crippen molar-refractivity contribution in [2.45, 2.75) is 51.1 Å². The van der Waals surface area contributed by atoms with Crippen LogP contribution in [0.2, 0.25) is 0 Å². The molecule has 36 heavy (non-hydrogen) atoms. The first-order chi connectivity index (χ1) is 16.7. The normalized spacial score (nSPS) is 18.9. The number of amides is 1. The maximum Gasteiger partial charge on any atom is 0.419 e. The number of benzene rings is 1. The summed E-state index contributed by atoms with van der Waals surface area (Å²) in [5.41, 5.74) is -3.28. The summed E-state index contributed by atoms with van der Waals surface area (Å²) >= 11 is 0. The van der Waals surface area contributed by atoms with Crippen molar-refractivity contribution >= 4 is 16.8 Å². The van der Waals surface area contributed by atoms with Crippen LogP contribution in [0.1, 0.15) is 19.4 Å². The topological polar surface area (TPSA) is 67.5 Å². The van der Waals surface area contributed by atoms with E-state index in [0.29, 0.717) is 12.1 Å². The lowest BCUT2D eigenvalue weighted by Gasteiger charge is -2.19. The van der Waals surface area contributed by atoms with Gasteiger partial charge < -0.3 is 19.1 Å². The van der Waals surface area contributed by atoms with Gasteiger partial charge >= 0.3 is 6.18 Å². The number of halogens is 6. The van der Waals surface area contributed by atoms with Crippen molar-refractivity contribution in [3.8, 4) is 11.1 Å². The lowest BCUT2D eigenvalue weighted by molar-refractivity contribution is -0.140. The molecule has 3 heterocycles. The van der Waals surface area contributed by atoms with Crippen LogP contribution in [-0.4, -0.2) is 56.1 Å². The molecule has 1 aliphatic rings. The predicted octanol–water partition coefficient (Wildman–Crippen LogP) is 3.92. The summed E-state index contributed by atoms with van der Waals surface area (Å²) in [4.78, 5) is 26.9. The fourth-order valence-corrected chi connectivity index (χ4v) is 4.32. The van der Waals surface area contributed by atoms with Crippen LogP contribution < -0.4 is 5.56 Å². The molecule has 2 unspecified atom stereocenters. The first-order valence-corrected chi connectivity index (χ1v) is 11.0. The molecule has 6 nitrogen and oxygen atoms in total. The Labute approximate surface area is 201 Å². The second kappa shape index (κ2) is 8.99.